The fourth-order valence-electron chi connectivity index (χ4n) is 1.39. The largest absolute Gasteiger partial charge is 0.356 e. The zero-order chi connectivity index (χ0) is 14.5. The summed E-state index contributed by atoms with van der Waals surface area (Å²) >= 11 is 0. The Morgan fingerprint density at radius 2 is 1.40 bits per heavy atom. The standard InChI is InChI=1S/C12H24N4O3.ClH/c1-2-14-12(19)6-9-16-10(17)4-3-8-15-11(18)5-7-13;/h2-9,13H2,1H3,(H,14,19)(H,15,18)(H,16,17);1H. The second-order valence-electron chi connectivity index (χ2n) is 4.05. The van der Waals surface area contributed by atoms with Crippen LogP contribution in [0.1, 0.15) is 32.6 Å². The molecule has 0 saturated heterocycles. The van der Waals surface area contributed by atoms with Crippen LogP contribution in [0.2, 0.25) is 0 Å². The Morgan fingerprint density at radius 3 is 2.00 bits per heavy atom. The van der Waals surface area contributed by atoms with Crippen LogP contribution < -0.4 is 21.7 Å². The first kappa shape index (κ1) is 21.0. The number of nitrogens with one attached hydrogen (secondary N) is 3. The topological polar surface area (TPSA) is 113 Å². The van der Waals surface area contributed by atoms with Gasteiger partial charge in [-0.3, -0.25) is 14.4 Å². The number of carbonyl (C=O) groups is 3. The third-order valence-electron chi connectivity index (χ3n) is 2.32. The highest BCUT2D eigenvalue weighted by Crippen LogP contribution is 1.88. The van der Waals surface area contributed by atoms with E-state index in [1.54, 1.807) is 0 Å². The number of hydrogen-bond acceptors (Lipinski definition) is 4. The first-order valence-corrected chi connectivity index (χ1v) is 6.60. The van der Waals surface area contributed by atoms with Crippen LogP contribution in [-0.2, 0) is 14.4 Å². The molecule has 0 aliphatic carbocycles. The van der Waals surface area contributed by atoms with Gasteiger partial charge in [-0.1, -0.05) is 0 Å². The molecule has 0 aliphatic rings. The Balaban J connectivity index is 0. The number of hydrogen-bond donors (Lipinski definition) is 4. The zero-order valence-electron chi connectivity index (χ0n) is 11.9. The summed E-state index contributed by atoms with van der Waals surface area (Å²) in [5.41, 5.74) is 5.23. The lowest BCUT2D eigenvalue weighted by Gasteiger charge is -2.06. The Kier molecular flexibility index (Phi) is 14.8. The average Bonchev–Trinajstić information content (AvgIpc) is 2.35. The van der Waals surface area contributed by atoms with Crippen LogP contribution in [0.15, 0.2) is 0 Å². The van der Waals surface area contributed by atoms with Crippen LogP contribution >= 0.6 is 12.4 Å². The predicted molar refractivity (Wildman–Crippen MR) is 79.5 cm³/mol. The van der Waals surface area contributed by atoms with E-state index in [4.69, 9.17) is 5.73 Å². The fourth-order valence-corrected chi connectivity index (χ4v) is 1.39. The second kappa shape index (κ2) is 14.1. The summed E-state index contributed by atoms with van der Waals surface area (Å²) < 4.78 is 0. The van der Waals surface area contributed by atoms with Gasteiger partial charge in [-0.25, -0.2) is 0 Å². The molecule has 0 aliphatic heterocycles. The van der Waals surface area contributed by atoms with E-state index >= 15 is 0 Å². The molecule has 0 rings (SSSR count). The van der Waals surface area contributed by atoms with E-state index in [1.165, 1.54) is 0 Å². The highest BCUT2D eigenvalue weighted by atomic mass is 35.5. The molecular weight excluding hydrogens is 284 g/mol. The van der Waals surface area contributed by atoms with Crippen molar-refractivity contribution in [2.24, 2.45) is 5.73 Å². The molecule has 0 unspecified atom stereocenters. The van der Waals surface area contributed by atoms with Gasteiger partial charge < -0.3 is 21.7 Å². The Labute approximate surface area is 125 Å². The van der Waals surface area contributed by atoms with Crippen molar-refractivity contribution < 1.29 is 14.4 Å². The molecule has 0 aromatic carbocycles. The van der Waals surface area contributed by atoms with E-state index in [0.29, 0.717) is 45.4 Å². The van der Waals surface area contributed by atoms with Crippen LogP contribution in [0.4, 0.5) is 0 Å². The third-order valence-corrected chi connectivity index (χ3v) is 2.32. The van der Waals surface area contributed by atoms with E-state index in [2.05, 4.69) is 16.0 Å². The molecule has 0 radical (unpaired) electrons. The van der Waals surface area contributed by atoms with Crippen molar-refractivity contribution in [3.63, 3.8) is 0 Å². The molecule has 0 aromatic heterocycles. The molecule has 5 N–H and O–H groups in total. The number of amides is 3. The van der Waals surface area contributed by atoms with Gasteiger partial charge in [-0.15, -0.1) is 12.4 Å². The van der Waals surface area contributed by atoms with Gasteiger partial charge in [-0.05, 0) is 13.3 Å². The molecule has 3 amide bonds. The highest BCUT2D eigenvalue weighted by Gasteiger charge is 2.04. The minimum absolute atomic E-state index is 0. The minimum atomic E-state index is -0.114. The van der Waals surface area contributed by atoms with E-state index in [1.807, 2.05) is 6.92 Å². The molecule has 0 spiro atoms. The van der Waals surface area contributed by atoms with Gasteiger partial charge in [0.05, 0.1) is 0 Å². The molecule has 0 heterocycles. The van der Waals surface area contributed by atoms with Crippen LogP contribution in [0, 0.1) is 0 Å². The maximum atomic E-state index is 11.4. The molecule has 20 heavy (non-hydrogen) atoms. The van der Waals surface area contributed by atoms with Crippen molar-refractivity contribution in [2.75, 3.05) is 26.2 Å². The number of nitrogens with two attached hydrogens (primary N) is 1. The van der Waals surface area contributed by atoms with Gasteiger partial charge in [0.15, 0.2) is 0 Å². The fraction of sp³-hybridized carbons (Fsp3) is 0.750. The molecule has 0 aromatic rings. The van der Waals surface area contributed by atoms with Crippen molar-refractivity contribution in [1.29, 1.82) is 0 Å². The summed E-state index contributed by atoms with van der Waals surface area (Å²) in [5, 5.41) is 7.97. The quantitative estimate of drug-likeness (QED) is 0.399. The van der Waals surface area contributed by atoms with Crippen molar-refractivity contribution >= 4 is 30.1 Å². The summed E-state index contributed by atoms with van der Waals surface area (Å²) in [7, 11) is 0. The Morgan fingerprint density at radius 1 is 0.850 bits per heavy atom. The van der Waals surface area contributed by atoms with E-state index in [9.17, 15) is 14.4 Å². The van der Waals surface area contributed by atoms with Crippen LogP contribution in [0.3, 0.4) is 0 Å². The molecule has 0 fully saturated rings. The van der Waals surface area contributed by atoms with Gasteiger partial charge >= 0.3 is 0 Å². The number of rotatable bonds is 10. The van der Waals surface area contributed by atoms with Gasteiger partial charge in [0.25, 0.3) is 0 Å². The van der Waals surface area contributed by atoms with Crippen molar-refractivity contribution in [3.8, 4) is 0 Å². The minimum Gasteiger partial charge on any atom is -0.356 e. The monoisotopic (exact) mass is 308 g/mol. The SMILES string of the molecule is CCNC(=O)CCNC(=O)CCCNC(=O)CCN.Cl. The van der Waals surface area contributed by atoms with Crippen molar-refractivity contribution in [3.05, 3.63) is 0 Å². The maximum absolute atomic E-state index is 11.4. The Hall–Kier alpha value is -1.34. The third kappa shape index (κ3) is 13.1. The number of carbonyl (C=O) groups excluding carboxylic acids is 3. The van der Waals surface area contributed by atoms with E-state index in [-0.39, 0.29) is 36.5 Å². The maximum Gasteiger partial charge on any atom is 0.221 e. The molecule has 8 heteroatoms. The Bertz CT molecular complexity index is 300. The van der Waals surface area contributed by atoms with Gasteiger partial charge in [0.2, 0.25) is 17.7 Å². The van der Waals surface area contributed by atoms with Gasteiger partial charge in [0, 0.05) is 45.4 Å². The van der Waals surface area contributed by atoms with Crippen LogP contribution in [0.5, 0.6) is 0 Å². The zero-order valence-corrected chi connectivity index (χ0v) is 12.7. The van der Waals surface area contributed by atoms with Crippen molar-refractivity contribution in [1.82, 2.24) is 16.0 Å². The second-order valence-corrected chi connectivity index (χ2v) is 4.05. The molecule has 118 valence electrons. The van der Waals surface area contributed by atoms with Crippen molar-refractivity contribution in [2.45, 2.75) is 32.6 Å². The van der Waals surface area contributed by atoms with Gasteiger partial charge in [-0.2, -0.15) is 0 Å². The molecule has 0 atom stereocenters. The molecule has 0 saturated carbocycles. The lowest BCUT2D eigenvalue weighted by Crippen LogP contribution is -2.31. The lowest BCUT2D eigenvalue weighted by molar-refractivity contribution is -0.123. The number of halogens is 1. The highest BCUT2D eigenvalue weighted by molar-refractivity contribution is 5.85. The average molecular weight is 309 g/mol. The first-order valence-electron chi connectivity index (χ1n) is 6.60. The van der Waals surface area contributed by atoms with Crippen LogP contribution in [0.25, 0.3) is 0 Å². The smallest absolute Gasteiger partial charge is 0.221 e. The summed E-state index contributed by atoms with van der Waals surface area (Å²) in [6, 6.07) is 0. The van der Waals surface area contributed by atoms with Gasteiger partial charge in [0.1, 0.15) is 0 Å². The normalized spacial score (nSPS) is 9.30. The lowest BCUT2D eigenvalue weighted by atomic mass is 10.2. The first-order chi connectivity index (χ1) is 9.10. The molecule has 7 nitrogen and oxygen atoms in total. The van der Waals surface area contributed by atoms with E-state index < -0.39 is 0 Å². The summed E-state index contributed by atoms with van der Waals surface area (Å²) in [6.45, 7) is 3.56. The summed E-state index contributed by atoms with van der Waals surface area (Å²) in [6.07, 6.45) is 1.49. The summed E-state index contributed by atoms with van der Waals surface area (Å²) in [4.78, 5) is 33.5. The van der Waals surface area contributed by atoms with E-state index in [0.717, 1.165) is 0 Å². The molecular formula is C12H25ClN4O3. The van der Waals surface area contributed by atoms with Crippen LogP contribution in [-0.4, -0.2) is 43.9 Å². The predicted octanol–water partition coefficient (Wildman–Crippen LogP) is -0.704. The summed E-state index contributed by atoms with van der Waals surface area (Å²) in [5.74, 6) is -0.284. The molecule has 0 bridgehead atoms.